The van der Waals surface area contributed by atoms with E-state index in [-0.39, 0.29) is 22.6 Å². The number of esters is 1. The normalized spacial score (nSPS) is 10.6. The van der Waals surface area contributed by atoms with E-state index in [2.05, 4.69) is 5.32 Å². The number of nitro groups is 1. The van der Waals surface area contributed by atoms with E-state index in [1.807, 2.05) is 6.07 Å². The molecular weight excluding hydrogens is 426 g/mol. The Balaban J connectivity index is 1.71. The third kappa shape index (κ3) is 5.80. The monoisotopic (exact) mass is 443 g/mol. The lowest BCUT2D eigenvalue weighted by Gasteiger charge is -2.09. The Morgan fingerprint density at radius 2 is 1.79 bits per heavy atom. The lowest BCUT2D eigenvalue weighted by atomic mass is 10.1. The zero-order chi connectivity index (χ0) is 23.8. The van der Waals surface area contributed by atoms with Gasteiger partial charge in [-0.3, -0.25) is 14.9 Å². The van der Waals surface area contributed by atoms with Crippen molar-refractivity contribution >= 4 is 29.3 Å². The van der Waals surface area contributed by atoms with Crippen LogP contribution in [0, 0.1) is 21.4 Å². The van der Waals surface area contributed by atoms with E-state index in [1.165, 1.54) is 43.5 Å². The largest absolute Gasteiger partial charge is 0.495 e. The molecule has 1 N–H and O–H groups in total. The molecule has 9 heteroatoms. The molecule has 0 saturated heterocycles. The number of carbonyl (C=O) groups is 2. The summed E-state index contributed by atoms with van der Waals surface area (Å²) < 4.78 is 10.4. The van der Waals surface area contributed by atoms with E-state index >= 15 is 0 Å². The number of ether oxygens (including phenoxy) is 2. The number of anilines is 1. The van der Waals surface area contributed by atoms with Gasteiger partial charge in [-0.1, -0.05) is 30.3 Å². The second-order valence-corrected chi connectivity index (χ2v) is 6.59. The fourth-order valence-electron chi connectivity index (χ4n) is 2.80. The first-order valence-corrected chi connectivity index (χ1v) is 9.54. The number of carbonyl (C=O) groups excluding carboxylic acids is 2. The number of rotatable bonds is 7. The second kappa shape index (κ2) is 10.4. The first kappa shape index (κ1) is 22.7. The summed E-state index contributed by atoms with van der Waals surface area (Å²) in [5, 5.41) is 22.9. The fraction of sp³-hybridized carbons (Fsp3) is 0.0417. The zero-order valence-corrected chi connectivity index (χ0v) is 17.3. The van der Waals surface area contributed by atoms with Gasteiger partial charge in [0.25, 0.3) is 11.6 Å². The number of benzene rings is 3. The molecule has 0 heterocycles. The number of hydrogen-bond donors (Lipinski definition) is 1. The van der Waals surface area contributed by atoms with E-state index in [4.69, 9.17) is 9.47 Å². The van der Waals surface area contributed by atoms with Crippen LogP contribution in [0.25, 0.3) is 6.08 Å². The average Bonchev–Trinajstić information content (AvgIpc) is 2.83. The van der Waals surface area contributed by atoms with Gasteiger partial charge >= 0.3 is 5.97 Å². The van der Waals surface area contributed by atoms with Gasteiger partial charge in [0, 0.05) is 12.1 Å². The van der Waals surface area contributed by atoms with Crippen LogP contribution in [-0.2, 0) is 4.79 Å². The molecule has 0 aliphatic carbocycles. The van der Waals surface area contributed by atoms with Crippen LogP contribution in [-0.4, -0.2) is 23.9 Å². The van der Waals surface area contributed by atoms with Crippen LogP contribution in [0.4, 0.5) is 11.4 Å². The van der Waals surface area contributed by atoms with Crippen LogP contribution >= 0.6 is 0 Å². The molecule has 0 aliphatic rings. The van der Waals surface area contributed by atoms with Crippen molar-refractivity contribution in [2.24, 2.45) is 0 Å². The lowest BCUT2D eigenvalue weighted by Crippen LogP contribution is -2.14. The Morgan fingerprint density at radius 3 is 2.45 bits per heavy atom. The quantitative estimate of drug-likeness (QED) is 0.143. The maximum atomic E-state index is 12.5. The number of methoxy groups -OCH3 is 1. The minimum atomic E-state index is -0.754. The third-order valence-corrected chi connectivity index (χ3v) is 4.41. The van der Waals surface area contributed by atoms with Crippen LogP contribution in [0.1, 0.15) is 15.9 Å². The van der Waals surface area contributed by atoms with Crippen molar-refractivity contribution < 1.29 is 24.0 Å². The Morgan fingerprint density at radius 1 is 1.06 bits per heavy atom. The number of hydrogen-bond acceptors (Lipinski definition) is 7. The molecule has 0 fully saturated rings. The van der Waals surface area contributed by atoms with Crippen molar-refractivity contribution in [1.29, 1.82) is 5.26 Å². The molecule has 0 radical (unpaired) electrons. The molecule has 33 heavy (non-hydrogen) atoms. The lowest BCUT2D eigenvalue weighted by molar-refractivity contribution is -0.384. The van der Waals surface area contributed by atoms with Crippen molar-refractivity contribution in [3.63, 3.8) is 0 Å². The number of para-hydroxylation sites is 2. The van der Waals surface area contributed by atoms with Gasteiger partial charge in [-0.15, -0.1) is 0 Å². The fourth-order valence-corrected chi connectivity index (χ4v) is 2.80. The molecule has 3 aromatic rings. The summed E-state index contributed by atoms with van der Waals surface area (Å²) in [5.74, 6) is -0.710. The molecule has 164 valence electrons. The van der Waals surface area contributed by atoms with Gasteiger partial charge < -0.3 is 14.8 Å². The molecule has 0 bridgehead atoms. The van der Waals surface area contributed by atoms with Crippen LogP contribution in [0.3, 0.4) is 0 Å². The number of nitrogens with zero attached hydrogens (tertiary/aromatic N) is 2. The van der Waals surface area contributed by atoms with Crippen molar-refractivity contribution in [1.82, 2.24) is 0 Å². The maximum Gasteiger partial charge on any atom is 0.343 e. The van der Waals surface area contributed by atoms with Gasteiger partial charge in [0.15, 0.2) is 0 Å². The first-order valence-electron chi connectivity index (χ1n) is 9.54. The second-order valence-electron chi connectivity index (χ2n) is 6.59. The first-order chi connectivity index (χ1) is 15.9. The van der Waals surface area contributed by atoms with E-state index in [0.717, 1.165) is 6.07 Å². The van der Waals surface area contributed by atoms with Gasteiger partial charge in [0.05, 0.1) is 23.3 Å². The molecule has 0 unspecified atom stereocenters. The molecule has 3 aromatic carbocycles. The summed E-state index contributed by atoms with van der Waals surface area (Å²) >= 11 is 0. The number of non-ortho nitro benzene ring substituents is 1. The molecule has 0 spiro atoms. The van der Waals surface area contributed by atoms with Gasteiger partial charge in [-0.25, -0.2) is 4.79 Å². The van der Waals surface area contributed by atoms with Gasteiger partial charge in [0.1, 0.15) is 23.1 Å². The smallest absolute Gasteiger partial charge is 0.343 e. The third-order valence-electron chi connectivity index (χ3n) is 4.41. The number of nitriles is 1. The molecule has 0 atom stereocenters. The zero-order valence-electron chi connectivity index (χ0n) is 17.3. The van der Waals surface area contributed by atoms with E-state index in [9.17, 15) is 25.0 Å². The van der Waals surface area contributed by atoms with E-state index < -0.39 is 16.8 Å². The van der Waals surface area contributed by atoms with Crippen molar-refractivity contribution in [3.8, 4) is 17.6 Å². The Hall–Kier alpha value is -4.97. The number of nitro benzene ring substituents is 1. The van der Waals surface area contributed by atoms with Crippen LogP contribution < -0.4 is 14.8 Å². The van der Waals surface area contributed by atoms with E-state index in [0.29, 0.717) is 17.0 Å². The van der Waals surface area contributed by atoms with Gasteiger partial charge in [0.2, 0.25) is 0 Å². The van der Waals surface area contributed by atoms with Crippen molar-refractivity contribution in [2.45, 2.75) is 0 Å². The summed E-state index contributed by atoms with van der Waals surface area (Å²) in [7, 11) is 1.47. The number of nitrogens with one attached hydrogen (secondary N) is 1. The molecule has 0 aliphatic heterocycles. The highest BCUT2D eigenvalue weighted by Gasteiger charge is 2.14. The van der Waals surface area contributed by atoms with Crippen LogP contribution in [0.15, 0.2) is 78.4 Å². The Labute approximate surface area is 188 Å². The van der Waals surface area contributed by atoms with Crippen molar-refractivity contribution in [3.05, 3.63) is 99.6 Å². The summed E-state index contributed by atoms with van der Waals surface area (Å²) in [6.07, 6.45) is 1.39. The Bertz CT molecular complexity index is 1280. The highest BCUT2D eigenvalue weighted by molar-refractivity contribution is 6.10. The van der Waals surface area contributed by atoms with Crippen LogP contribution in [0.2, 0.25) is 0 Å². The predicted octanol–water partition coefficient (Wildman–Crippen LogP) is 4.37. The highest BCUT2D eigenvalue weighted by Crippen LogP contribution is 2.24. The molecule has 0 aromatic heterocycles. The maximum absolute atomic E-state index is 12.5. The molecule has 9 nitrogen and oxygen atoms in total. The summed E-state index contributed by atoms with van der Waals surface area (Å²) in [6, 6.07) is 19.9. The predicted molar refractivity (Wildman–Crippen MR) is 120 cm³/mol. The summed E-state index contributed by atoms with van der Waals surface area (Å²) in [6.45, 7) is 0. The minimum absolute atomic E-state index is 0.0351. The highest BCUT2D eigenvalue weighted by atomic mass is 16.6. The van der Waals surface area contributed by atoms with Crippen molar-refractivity contribution in [2.75, 3.05) is 12.4 Å². The van der Waals surface area contributed by atoms with Gasteiger partial charge in [-0.2, -0.15) is 5.26 Å². The number of amides is 1. The minimum Gasteiger partial charge on any atom is -0.495 e. The Kier molecular flexibility index (Phi) is 7.13. The summed E-state index contributed by atoms with van der Waals surface area (Å²) in [5.41, 5.74) is 0.627. The molecule has 1 amide bonds. The summed E-state index contributed by atoms with van der Waals surface area (Å²) in [4.78, 5) is 35.0. The molecular formula is C24H17N3O6. The molecule has 0 saturated carbocycles. The topological polar surface area (TPSA) is 132 Å². The van der Waals surface area contributed by atoms with E-state index in [1.54, 1.807) is 36.4 Å². The SMILES string of the molecule is COc1ccccc1NC(=O)/C(C#N)=C/c1ccc(OC(=O)c2cccc([N+](=O)[O-])c2)cc1. The van der Waals surface area contributed by atoms with Gasteiger partial charge in [-0.05, 0) is 42.0 Å². The standard InChI is InChI=1S/C24H17N3O6/c1-32-22-8-3-2-7-21(22)26-23(28)18(15-25)13-16-9-11-20(12-10-16)33-24(29)17-5-4-6-19(14-17)27(30)31/h2-14H,1H3,(H,26,28)/b18-13+. The van der Waals surface area contributed by atoms with Crippen LogP contribution in [0.5, 0.6) is 11.5 Å². The molecule has 3 rings (SSSR count). The average molecular weight is 443 g/mol.